The van der Waals surface area contributed by atoms with Crippen LogP contribution in [0, 0.1) is 17.4 Å². The highest BCUT2D eigenvalue weighted by atomic mass is 127. The Morgan fingerprint density at radius 1 is 0.580 bits per heavy atom. The van der Waals surface area contributed by atoms with Gasteiger partial charge in [-0.05, 0) is 224 Å². The van der Waals surface area contributed by atoms with Crippen molar-refractivity contribution in [3.05, 3.63) is 232 Å². The number of carbonyl (C=O) groups excluding carboxylic acids is 3. The van der Waals surface area contributed by atoms with Gasteiger partial charge in [0.15, 0.2) is 17.3 Å². The third kappa shape index (κ3) is 22.0. The van der Waals surface area contributed by atoms with Gasteiger partial charge < -0.3 is 54.5 Å². The quantitative estimate of drug-likeness (QED) is 0.0491. The summed E-state index contributed by atoms with van der Waals surface area (Å²) in [5, 5.41) is 31.0. The third-order valence-electron chi connectivity index (χ3n) is 11.5. The number of Topliss-reactive ketones (excluding diaryl/α,β-unsaturated/α-hetero) is 2. The number of aromatic carboxylic acids is 1. The van der Waals surface area contributed by atoms with Crippen LogP contribution in [0.15, 0.2) is 183 Å². The fourth-order valence-electron chi connectivity index (χ4n) is 7.20. The Morgan fingerprint density at radius 3 is 1.33 bits per heavy atom. The van der Waals surface area contributed by atoms with E-state index < -0.39 is 5.97 Å². The number of carbonyl (C=O) groups is 4. The van der Waals surface area contributed by atoms with Crippen LogP contribution in [0.2, 0.25) is 0 Å². The van der Waals surface area contributed by atoms with Gasteiger partial charge in [0.25, 0.3) is 5.91 Å². The summed E-state index contributed by atoms with van der Waals surface area (Å²) in [5.41, 5.74) is 13.7. The Labute approximate surface area is 587 Å². The minimum absolute atomic E-state index is 0.0162. The molecule has 4 aromatic heterocycles. The monoisotopic (exact) mass is 1820 g/mol. The lowest BCUT2D eigenvalue weighted by Gasteiger charge is -2.09. The summed E-state index contributed by atoms with van der Waals surface area (Å²) in [5.74, 6) is 0.420. The van der Waals surface area contributed by atoms with Gasteiger partial charge >= 0.3 is 5.97 Å². The number of imidazole rings is 4. The predicted molar refractivity (Wildman–Crippen MR) is 375 cm³/mol. The number of ether oxygens (including phenoxy) is 2. The summed E-state index contributed by atoms with van der Waals surface area (Å²) in [6.07, 6.45) is 12.3. The molecule has 88 heavy (non-hydrogen) atoms. The number of amides is 1. The number of hydrogen-bond donors (Lipinski definition) is 6. The van der Waals surface area contributed by atoms with Gasteiger partial charge in [-0.3, -0.25) is 14.4 Å². The van der Waals surface area contributed by atoms with E-state index in [2.05, 4.69) is 199 Å². The number of phenols is 2. The van der Waals surface area contributed by atoms with E-state index in [9.17, 15) is 29.4 Å². The van der Waals surface area contributed by atoms with Crippen LogP contribution in [-0.2, 0) is 13.1 Å². The summed E-state index contributed by atoms with van der Waals surface area (Å²) >= 11 is 28.9. The maximum atomic E-state index is 12.3. The van der Waals surface area contributed by atoms with Crippen molar-refractivity contribution in [2.24, 2.45) is 5.73 Å². The highest BCUT2D eigenvalue weighted by Crippen LogP contribution is 2.38. The number of aromatic nitrogens is 8. The minimum Gasteiger partial charge on any atom is -0.506 e. The smallest absolute Gasteiger partial charge is 0.356 e. The van der Waals surface area contributed by atoms with Crippen molar-refractivity contribution in [1.82, 2.24) is 43.9 Å². The molecule has 0 atom stereocenters. The second-order valence-electron chi connectivity index (χ2n) is 18.1. The van der Waals surface area contributed by atoms with E-state index in [1.807, 2.05) is 67.6 Å². The third-order valence-corrected chi connectivity index (χ3v) is 16.9. The molecule has 10 aromatic rings. The highest BCUT2D eigenvalue weighted by molar-refractivity contribution is 14.1. The topological polar surface area (TPSA) is 268 Å². The molecule has 460 valence electrons. The van der Waals surface area contributed by atoms with Gasteiger partial charge in [-0.2, -0.15) is 0 Å². The van der Waals surface area contributed by atoms with Crippen LogP contribution in [0.3, 0.4) is 0 Å². The lowest BCUT2D eigenvalue weighted by atomic mass is 10.1. The zero-order valence-electron chi connectivity index (χ0n) is 47.2. The van der Waals surface area contributed by atoms with Gasteiger partial charge in [0.1, 0.15) is 59.1 Å². The Balaban J connectivity index is 0.000000201. The first-order chi connectivity index (χ1) is 41.7. The SMILES string of the molecule is CC(=O)c1cnc[nH]1.COc1c(Br)cc(-n2cnc(C(C)=O)c2)cc1Br.COc1c(Br)cc(I)cc1Br.Cc1cccc(CN)c1.Cc1cccc(CNC(=O)c2cn(-c3cc(Br)c(O)c(Br)c3)cn2)c1.O=C(O)c1cn(-c2cc(Br)c(O)c(Br)c2)cn1. The molecule has 19 nitrogen and oxygen atoms in total. The number of aryl methyl sites for hydroxylation is 2. The first-order valence-electron chi connectivity index (χ1n) is 25.3. The maximum Gasteiger partial charge on any atom is 0.356 e. The van der Waals surface area contributed by atoms with Crippen molar-refractivity contribution in [1.29, 1.82) is 0 Å². The van der Waals surface area contributed by atoms with Crippen LogP contribution in [0.1, 0.15) is 78.1 Å². The van der Waals surface area contributed by atoms with Crippen molar-refractivity contribution in [3.63, 3.8) is 0 Å². The molecule has 0 unspecified atom stereocenters. The number of nitrogens with two attached hydrogens (primary N) is 1. The van der Waals surface area contributed by atoms with E-state index >= 15 is 0 Å². The van der Waals surface area contributed by atoms with Gasteiger partial charge in [0.2, 0.25) is 0 Å². The number of nitrogens with one attached hydrogen (secondary N) is 2. The van der Waals surface area contributed by atoms with Gasteiger partial charge in [-0.1, -0.05) is 59.7 Å². The number of aromatic hydroxyl groups is 2. The lowest BCUT2D eigenvalue weighted by molar-refractivity contribution is 0.0690. The van der Waals surface area contributed by atoms with Gasteiger partial charge in [0, 0.05) is 66.2 Å². The fraction of sp³-hybridized carbons (Fsp3) is 0.133. The molecule has 10 rings (SSSR count). The average Bonchev–Trinajstić information content (AvgIpc) is 4.57. The molecule has 0 aliphatic carbocycles. The standard InChI is InChI=1S/C18H15Br2N3O2.C12H10Br2N2O2.C10H6Br2N2O3.C8H11N.C7H5Br2IO.C5H6N2O/c1-11-3-2-4-12(5-11)8-21-18(25)16-9-23(10-22-16)13-6-14(19)17(24)15(20)7-13;1-7(17)11-5-16(6-15-11)8-3-9(13)12(18-2)10(14)4-8;11-6-1-5(2-7(12)9(6)15)14-3-8(10(16)17)13-4-14;1-7-3-2-4-8(5-7)6-9;1-11-7-5(8)2-4(10)3-6(7)9;1-4(8)5-2-6-3-7-5/h2-7,9-10,24H,8H2,1H3,(H,21,25);3-6H,1-2H3;1-4,15H,(H,16,17);2-5H,6,9H2,1H3;2-3H,1H3;2-3H,1H3,(H,6,7). The summed E-state index contributed by atoms with van der Waals surface area (Å²) in [4.78, 5) is 62.9. The number of H-pyrrole nitrogens is 1. The first kappa shape index (κ1) is 72.9. The summed E-state index contributed by atoms with van der Waals surface area (Å²) < 4.78 is 22.3. The first-order valence-corrected chi connectivity index (χ1v) is 32.7. The van der Waals surface area contributed by atoms with E-state index in [1.54, 1.807) is 77.2 Å². The molecule has 1 amide bonds. The van der Waals surface area contributed by atoms with Gasteiger partial charge in [0.05, 0.1) is 62.5 Å². The van der Waals surface area contributed by atoms with Crippen molar-refractivity contribution < 1.29 is 44.0 Å². The number of phenolic OH excluding ortho intramolecular Hbond substituents is 2. The zero-order valence-corrected chi connectivity index (χ0v) is 62.0. The molecule has 0 saturated carbocycles. The van der Waals surface area contributed by atoms with Crippen LogP contribution >= 0.6 is 150 Å². The Hall–Kier alpha value is -5.83. The normalized spacial score (nSPS) is 10.2. The van der Waals surface area contributed by atoms with Gasteiger partial charge in [-0.25, -0.2) is 24.7 Å². The number of halogens is 9. The Kier molecular flexibility index (Phi) is 29.4. The highest BCUT2D eigenvalue weighted by Gasteiger charge is 2.15. The number of carboxylic acid groups (broad SMARTS) is 1. The summed E-state index contributed by atoms with van der Waals surface area (Å²) in [6.45, 7) is 8.16. The van der Waals surface area contributed by atoms with E-state index in [4.69, 9.17) is 20.3 Å². The molecule has 0 spiro atoms. The number of methoxy groups -OCH3 is 2. The molecular formula is C60H53Br8IN10O9. The van der Waals surface area contributed by atoms with Crippen molar-refractivity contribution in [2.75, 3.05) is 14.2 Å². The van der Waals surface area contributed by atoms with E-state index in [1.165, 1.54) is 53.6 Å². The van der Waals surface area contributed by atoms with Gasteiger partial charge in [-0.15, -0.1) is 0 Å². The lowest BCUT2D eigenvalue weighted by Crippen LogP contribution is -2.23. The van der Waals surface area contributed by atoms with Crippen LogP contribution in [-0.4, -0.2) is 91.6 Å². The number of benzene rings is 6. The van der Waals surface area contributed by atoms with Crippen LogP contribution in [0.4, 0.5) is 0 Å². The second kappa shape index (κ2) is 35.5. The molecule has 7 N–H and O–H groups in total. The summed E-state index contributed by atoms with van der Waals surface area (Å²) in [7, 11) is 3.26. The van der Waals surface area contributed by atoms with Crippen LogP contribution in [0.25, 0.3) is 17.1 Å². The van der Waals surface area contributed by atoms with Crippen molar-refractivity contribution in [2.45, 2.75) is 40.8 Å². The number of ketones is 2. The number of carboxylic acids is 1. The van der Waals surface area contributed by atoms with E-state index in [0.29, 0.717) is 53.7 Å². The molecule has 0 radical (unpaired) electrons. The van der Waals surface area contributed by atoms with Crippen LogP contribution in [0.5, 0.6) is 23.0 Å². The largest absolute Gasteiger partial charge is 0.506 e. The zero-order chi connectivity index (χ0) is 64.9. The Morgan fingerprint density at radius 2 is 0.977 bits per heavy atom. The minimum atomic E-state index is -1.08. The van der Waals surface area contributed by atoms with Crippen molar-refractivity contribution in [3.8, 4) is 40.1 Å². The molecule has 0 bridgehead atoms. The number of rotatable bonds is 12. The average molecular weight is 1820 g/mol. The van der Waals surface area contributed by atoms with E-state index in [-0.39, 0.29) is 34.7 Å². The van der Waals surface area contributed by atoms with Crippen molar-refractivity contribution >= 4 is 173 Å². The number of aromatic amines is 1. The molecule has 0 aliphatic rings. The van der Waals surface area contributed by atoms with E-state index in [0.717, 1.165) is 51.9 Å². The molecule has 0 aliphatic heterocycles. The second-order valence-corrected chi connectivity index (χ2v) is 26.2. The maximum absolute atomic E-state index is 12.3. The molecular weight excluding hydrogens is 1770 g/mol. The Bertz CT molecular complexity index is 3960. The molecule has 0 saturated heterocycles. The van der Waals surface area contributed by atoms with Crippen LogP contribution < -0.4 is 20.5 Å². The predicted octanol–water partition coefficient (Wildman–Crippen LogP) is 16.6. The molecule has 6 aromatic carbocycles. The molecule has 4 heterocycles. The summed E-state index contributed by atoms with van der Waals surface area (Å²) in [6, 6.07) is 30.8. The fourth-order valence-corrected chi connectivity index (χ4v) is 14.0. The molecule has 0 fully saturated rings. The number of nitrogens with zero attached hydrogens (tertiary/aromatic N) is 7. The molecule has 28 heteroatoms. The number of hydrogen-bond acceptors (Lipinski definition) is 13.